The van der Waals surface area contributed by atoms with E-state index in [2.05, 4.69) is 39.2 Å². The van der Waals surface area contributed by atoms with Crippen LogP contribution in [-0.4, -0.2) is 55.6 Å². The summed E-state index contributed by atoms with van der Waals surface area (Å²) in [6, 6.07) is 15.9. The summed E-state index contributed by atoms with van der Waals surface area (Å²) < 4.78 is 56.2. The van der Waals surface area contributed by atoms with Gasteiger partial charge in [0.05, 0.1) is 0 Å². The maximum Gasteiger partial charge on any atom is 0.573 e. The molecule has 0 atom stereocenters. The molecule has 36 heavy (non-hydrogen) atoms. The largest absolute Gasteiger partial charge is 0.573 e. The first-order chi connectivity index (χ1) is 17.2. The van der Waals surface area contributed by atoms with Crippen LogP contribution in [0.5, 0.6) is 5.75 Å². The Kier molecular flexibility index (Phi) is 8.39. The minimum atomic E-state index is -4.74. The van der Waals surface area contributed by atoms with Crippen LogP contribution >= 0.6 is 0 Å². The Morgan fingerprint density at radius 3 is 2.22 bits per heavy atom. The number of piperidine rings is 2. The van der Waals surface area contributed by atoms with E-state index in [4.69, 9.17) is 0 Å². The Hall–Kier alpha value is -2.81. The lowest BCUT2D eigenvalue weighted by Gasteiger charge is -2.37. The minimum Gasteiger partial charge on any atom is -0.406 e. The van der Waals surface area contributed by atoms with E-state index in [1.165, 1.54) is 29.8 Å². The molecule has 1 amide bonds. The Morgan fingerprint density at radius 2 is 1.61 bits per heavy atom. The van der Waals surface area contributed by atoms with Gasteiger partial charge in [0.15, 0.2) is 5.67 Å². The fourth-order valence-electron chi connectivity index (χ4n) is 5.03. The van der Waals surface area contributed by atoms with Gasteiger partial charge in [-0.05, 0) is 68.1 Å². The van der Waals surface area contributed by atoms with E-state index in [0.29, 0.717) is 31.2 Å². The van der Waals surface area contributed by atoms with E-state index in [0.717, 1.165) is 38.9 Å². The number of rotatable bonds is 8. The molecule has 0 aromatic heterocycles. The van der Waals surface area contributed by atoms with Gasteiger partial charge in [-0.1, -0.05) is 30.3 Å². The molecule has 9 heteroatoms. The number of alkyl halides is 4. The number of amides is 1. The van der Waals surface area contributed by atoms with E-state index in [1.807, 2.05) is 11.0 Å². The van der Waals surface area contributed by atoms with Gasteiger partial charge in [0.1, 0.15) is 5.75 Å². The summed E-state index contributed by atoms with van der Waals surface area (Å²) in [5.74, 6) is -0.332. The number of nitrogens with zero attached hydrogens (tertiary/aromatic N) is 2. The van der Waals surface area contributed by atoms with Gasteiger partial charge in [-0.3, -0.25) is 9.69 Å². The monoisotopic (exact) mass is 507 g/mol. The number of nitrogens with one attached hydrogen (secondary N) is 1. The molecule has 196 valence electrons. The van der Waals surface area contributed by atoms with Gasteiger partial charge in [0.25, 0.3) is 5.91 Å². The third-order valence-corrected chi connectivity index (χ3v) is 7.19. The van der Waals surface area contributed by atoms with Crippen LogP contribution in [0.3, 0.4) is 0 Å². The molecule has 2 aliphatic heterocycles. The molecule has 0 bridgehead atoms. The number of likely N-dealkylation sites (tertiary alicyclic amines) is 1. The molecule has 0 spiro atoms. The third-order valence-electron chi connectivity index (χ3n) is 7.19. The number of carbonyl (C=O) groups is 1. The number of anilines is 1. The molecule has 2 aliphatic rings. The van der Waals surface area contributed by atoms with Crippen LogP contribution < -0.4 is 15.0 Å². The Balaban J connectivity index is 1.15. The second kappa shape index (κ2) is 11.5. The highest BCUT2D eigenvalue weighted by atomic mass is 19.4. The van der Waals surface area contributed by atoms with Crippen molar-refractivity contribution < 1.29 is 27.1 Å². The quantitative estimate of drug-likeness (QED) is 0.492. The molecule has 5 nitrogen and oxygen atoms in total. The number of carbonyl (C=O) groups excluding carboxylic acids is 1. The van der Waals surface area contributed by atoms with Gasteiger partial charge in [-0.2, -0.15) is 0 Å². The maximum absolute atomic E-state index is 15.3. The zero-order valence-corrected chi connectivity index (χ0v) is 20.3. The Morgan fingerprint density at radius 1 is 0.972 bits per heavy atom. The van der Waals surface area contributed by atoms with Crippen molar-refractivity contribution in [1.29, 1.82) is 0 Å². The van der Waals surface area contributed by atoms with Gasteiger partial charge in [-0.25, -0.2) is 4.39 Å². The first-order valence-corrected chi connectivity index (χ1v) is 12.5. The molecule has 0 aliphatic carbocycles. The van der Waals surface area contributed by atoms with Crippen LogP contribution in [0, 0.1) is 5.92 Å². The summed E-state index contributed by atoms with van der Waals surface area (Å²) in [5, 5.41) is 2.81. The van der Waals surface area contributed by atoms with E-state index >= 15 is 4.39 Å². The van der Waals surface area contributed by atoms with E-state index < -0.39 is 17.9 Å². The predicted octanol–water partition coefficient (Wildman–Crippen LogP) is 5.31. The zero-order chi connectivity index (χ0) is 25.6. The summed E-state index contributed by atoms with van der Waals surface area (Å²) in [5.41, 5.74) is 0.0649. The second-order valence-corrected chi connectivity index (χ2v) is 9.74. The molecule has 0 radical (unpaired) electrons. The highest BCUT2D eigenvalue weighted by Crippen LogP contribution is 2.32. The van der Waals surface area contributed by atoms with Crippen LogP contribution in [0.15, 0.2) is 54.6 Å². The van der Waals surface area contributed by atoms with Crippen molar-refractivity contribution in [3.05, 3.63) is 60.2 Å². The summed E-state index contributed by atoms with van der Waals surface area (Å²) >= 11 is 0. The second-order valence-electron chi connectivity index (χ2n) is 9.74. The number of benzene rings is 2. The van der Waals surface area contributed by atoms with Crippen LogP contribution in [0.1, 0.15) is 37.7 Å². The SMILES string of the molecule is O=C(NCCC1CCN(Cc2ccccc2)CC1)C1(F)CCN(c2ccc(OC(F)(F)F)cc2)CC1. The molecular weight excluding hydrogens is 474 g/mol. The zero-order valence-electron chi connectivity index (χ0n) is 20.3. The standard InChI is InChI=1S/C27H33F4N3O2/c28-26(13-18-34(19-14-26)23-6-8-24(9-7-23)36-27(29,30)31)25(35)32-15-10-21-11-16-33(17-12-21)20-22-4-2-1-3-5-22/h1-9,21H,10-20H2,(H,32,35). The van der Waals surface area contributed by atoms with Gasteiger partial charge >= 0.3 is 6.36 Å². The smallest absolute Gasteiger partial charge is 0.406 e. The first kappa shape index (κ1) is 26.3. The number of hydrogen-bond donors (Lipinski definition) is 1. The lowest BCUT2D eigenvalue weighted by molar-refractivity contribution is -0.274. The molecule has 2 aromatic carbocycles. The number of halogens is 4. The van der Waals surface area contributed by atoms with Crippen LogP contribution in [0.25, 0.3) is 0 Å². The van der Waals surface area contributed by atoms with E-state index in [9.17, 15) is 18.0 Å². The van der Waals surface area contributed by atoms with Crippen LogP contribution in [-0.2, 0) is 11.3 Å². The molecule has 1 N–H and O–H groups in total. The van der Waals surface area contributed by atoms with E-state index in [1.54, 1.807) is 0 Å². The number of ether oxygens (including phenoxy) is 1. The lowest BCUT2D eigenvalue weighted by Crippen LogP contribution is -2.51. The fourth-order valence-corrected chi connectivity index (χ4v) is 5.03. The first-order valence-electron chi connectivity index (χ1n) is 12.5. The third kappa shape index (κ3) is 7.35. The van der Waals surface area contributed by atoms with Crippen molar-refractivity contribution in [3.63, 3.8) is 0 Å². The topological polar surface area (TPSA) is 44.8 Å². The lowest BCUT2D eigenvalue weighted by atomic mass is 9.91. The highest BCUT2D eigenvalue weighted by molar-refractivity contribution is 5.85. The molecule has 2 heterocycles. The number of hydrogen-bond acceptors (Lipinski definition) is 4. The normalized spacial score (nSPS) is 19.2. The van der Waals surface area contributed by atoms with Crippen molar-refractivity contribution in [2.45, 2.75) is 50.7 Å². The van der Waals surface area contributed by atoms with Crippen LogP contribution in [0.2, 0.25) is 0 Å². The van der Waals surface area contributed by atoms with Crippen molar-refractivity contribution >= 4 is 11.6 Å². The average Bonchev–Trinajstić information content (AvgIpc) is 2.86. The molecule has 0 unspecified atom stereocenters. The molecule has 0 saturated carbocycles. The van der Waals surface area contributed by atoms with Gasteiger partial charge in [0.2, 0.25) is 0 Å². The summed E-state index contributed by atoms with van der Waals surface area (Å²) in [6.45, 7) is 4.10. The van der Waals surface area contributed by atoms with Gasteiger partial charge in [0, 0.05) is 44.7 Å². The summed E-state index contributed by atoms with van der Waals surface area (Å²) in [7, 11) is 0. The molecule has 4 rings (SSSR count). The van der Waals surface area contributed by atoms with Crippen molar-refractivity contribution in [3.8, 4) is 5.75 Å². The van der Waals surface area contributed by atoms with Crippen molar-refractivity contribution in [2.24, 2.45) is 5.92 Å². The Labute approximate surface area is 209 Å². The summed E-state index contributed by atoms with van der Waals surface area (Å²) in [4.78, 5) is 16.9. The average molecular weight is 508 g/mol. The maximum atomic E-state index is 15.3. The van der Waals surface area contributed by atoms with Crippen LogP contribution in [0.4, 0.5) is 23.2 Å². The Bertz CT molecular complexity index is 969. The predicted molar refractivity (Wildman–Crippen MR) is 130 cm³/mol. The molecule has 2 fully saturated rings. The van der Waals surface area contributed by atoms with Crippen molar-refractivity contribution in [2.75, 3.05) is 37.6 Å². The van der Waals surface area contributed by atoms with Crippen molar-refractivity contribution in [1.82, 2.24) is 10.2 Å². The van der Waals surface area contributed by atoms with E-state index in [-0.39, 0.29) is 18.6 Å². The highest BCUT2D eigenvalue weighted by Gasteiger charge is 2.41. The molecule has 2 aromatic rings. The molecular formula is C27H33F4N3O2. The fraction of sp³-hybridized carbons (Fsp3) is 0.519. The summed E-state index contributed by atoms with van der Waals surface area (Å²) in [6.07, 6.45) is -1.67. The van der Waals surface area contributed by atoms with Gasteiger partial charge < -0.3 is 15.0 Å². The van der Waals surface area contributed by atoms with Gasteiger partial charge in [-0.15, -0.1) is 13.2 Å². The minimum absolute atomic E-state index is 0.0392. The molecule has 2 saturated heterocycles.